The number of nitrogens with zero attached hydrogens (tertiary/aromatic N) is 4. The zero-order valence-electron chi connectivity index (χ0n) is 8.29. The molecule has 0 aliphatic heterocycles. The van der Waals surface area contributed by atoms with Gasteiger partial charge in [-0.1, -0.05) is 11.6 Å². The molecule has 0 bridgehead atoms. The van der Waals surface area contributed by atoms with Crippen LogP contribution in [0.3, 0.4) is 0 Å². The summed E-state index contributed by atoms with van der Waals surface area (Å²) in [4.78, 5) is 14.1. The molecule has 0 radical (unpaired) electrons. The van der Waals surface area contributed by atoms with E-state index in [1.807, 2.05) is 0 Å². The maximum absolute atomic E-state index is 10.5. The number of rotatable bonds is 2. The lowest BCUT2D eigenvalue weighted by Crippen LogP contribution is -1.95. The molecule has 16 heavy (non-hydrogen) atoms. The topological polar surface area (TPSA) is 73.8 Å². The minimum Gasteiger partial charge on any atom is -0.258 e. The molecule has 0 unspecified atom stereocenters. The molecule has 0 saturated heterocycles. The highest BCUT2D eigenvalue weighted by atomic mass is 35.5. The third-order valence-electron chi connectivity index (χ3n) is 2.12. The highest BCUT2D eigenvalue weighted by Crippen LogP contribution is 2.29. The third kappa shape index (κ3) is 1.74. The van der Waals surface area contributed by atoms with E-state index >= 15 is 0 Å². The van der Waals surface area contributed by atoms with Crippen molar-refractivity contribution in [2.45, 2.75) is 0 Å². The Morgan fingerprint density at radius 2 is 2.25 bits per heavy atom. The number of nitro benzene ring substituents is 1. The van der Waals surface area contributed by atoms with Crippen molar-refractivity contribution >= 4 is 17.3 Å². The first-order chi connectivity index (χ1) is 7.59. The van der Waals surface area contributed by atoms with Crippen LogP contribution < -0.4 is 0 Å². The van der Waals surface area contributed by atoms with Crippen LogP contribution in [0.4, 0.5) is 5.69 Å². The van der Waals surface area contributed by atoms with Gasteiger partial charge in [-0.3, -0.25) is 10.1 Å². The molecule has 0 saturated carbocycles. The van der Waals surface area contributed by atoms with Crippen molar-refractivity contribution in [3.8, 4) is 11.4 Å². The Morgan fingerprint density at radius 1 is 1.50 bits per heavy atom. The Hall–Kier alpha value is -1.95. The summed E-state index contributed by atoms with van der Waals surface area (Å²) in [5, 5.41) is 14.7. The van der Waals surface area contributed by atoms with E-state index in [9.17, 15) is 10.1 Å². The quantitative estimate of drug-likeness (QED) is 0.593. The first-order valence-corrected chi connectivity index (χ1v) is 4.75. The highest BCUT2D eigenvalue weighted by Gasteiger charge is 2.13. The summed E-state index contributed by atoms with van der Waals surface area (Å²) in [6, 6.07) is 4.24. The molecule has 82 valence electrons. The summed E-state index contributed by atoms with van der Waals surface area (Å²) in [5.74, 6) is 0.569. The Balaban J connectivity index is 2.52. The minimum absolute atomic E-state index is 0.0454. The summed E-state index contributed by atoms with van der Waals surface area (Å²) in [6.45, 7) is 0. The van der Waals surface area contributed by atoms with Gasteiger partial charge in [-0.15, -0.1) is 0 Å². The molecule has 0 N–H and O–H groups in total. The van der Waals surface area contributed by atoms with Crippen LogP contribution in [-0.2, 0) is 7.05 Å². The van der Waals surface area contributed by atoms with Gasteiger partial charge < -0.3 is 0 Å². The number of non-ortho nitro benzene ring substituents is 1. The number of hydrogen-bond acceptors (Lipinski definition) is 4. The number of benzene rings is 1. The molecule has 1 aromatic heterocycles. The average Bonchev–Trinajstić information content (AvgIpc) is 2.64. The molecule has 0 aliphatic rings. The van der Waals surface area contributed by atoms with Crippen molar-refractivity contribution in [3.63, 3.8) is 0 Å². The van der Waals surface area contributed by atoms with E-state index in [1.165, 1.54) is 18.5 Å². The van der Waals surface area contributed by atoms with E-state index in [-0.39, 0.29) is 10.7 Å². The number of nitro groups is 1. The van der Waals surface area contributed by atoms with Crippen LogP contribution >= 0.6 is 11.6 Å². The second kappa shape index (κ2) is 3.90. The largest absolute Gasteiger partial charge is 0.270 e. The zero-order chi connectivity index (χ0) is 11.7. The fraction of sp³-hybridized carbons (Fsp3) is 0.111. The van der Waals surface area contributed by atoms with Crippen LogP contribution in [0.5, 0.6) is 0 Å². The summed E-state index contributed by atoms with van der Waals surface area (Å²) in [5.41, 5.74) is 0.572. The van der Waals surface area contributed by atoms with E-state index in [1.54, 1.807) is 17.8 Å². The van der Waals surface area contributed by atoms with Gasteiger partial charge in [0.05, 0.1) is 9.95 Å². The van der Waals surface area contributed by atoms with Crippen LogP contribution in [-0.4, -0.2) is 19.7 Å². The Labute approximate surface area is 95.6 Å². The molecule has 0 fully saturated rings. The molecule has 6 nitrogen and oxygen atoms in total. The number of hydrogen-bond donors (Lipinski definition) is 0. The van der Waals surface area contributed by atoms with E-state index in [4.69, 9.17) is 11.6 Å². The van der Waals surface area contributed by atoms with Gasteiger partial charge in [0.15, 0.2) is 5.82 Å². The van der Waals surface area contributed by atoms with Crippen LogP contribution in [0.2, 0.25) is 5.02 Å². The number of aromatic nitrogens is 3. The predicted molar refractivity (Wildman–Crippen MR) is 58.1 cm³/mol. The van der Waals surface area contributed by atoms with Gasteiger partial charge >= 0.3 is 0 Å². The second-order valence-electron chi connectivity index (χ2n) is 3.13. The van der Waals surface area contributed by atoms with Gasteiger partial charge in [0.1, 0.15) is 6.33 Å². The van der Waals surface area contributed by atoms with Gasteiger partial charge in [0, 0.05) is 24.7 Å². The lowest BCUT2D eigenvalue weighted by atomic mass is 10.2. The van der Waals surface area contributed by atoms with Crippen molar-refractivity contribution in [2.75, 3.05) is 0 Å². The molecule has 2 rings (SSSR count). The Morgan fingerprint density at radius 3 is 2.75 bits per heavy atom. The summed E-state index contributed by atoms with van der Waals surface area (Å²) < 4.78 is 1.55. The zero-order valence-corrected chi connectivity index (χ0v) is 9.05. The molecule has 0 aliphatic carbocycles. The molecule has 0 amide bonds. The van der Waals surface area contributed by atoms with Gasteiger partial charge in [-0.05, 0) is 6.07 Å². The average molecular weight is 239 g/mol. The van der Waals surface area contributed by atoms with Crippen LogP contribution in [0.25, 0.3) is 11.4 Å². The van der Waals surface area contributed by atoms with E-state index in [0.717, 1.165) is 0 Å². The van der Waals surface area contributed by atoms with Crippen molar-refractivity contribution < 1.29 is 4.92 Å². The van der Waals surface area contributed by atoms with Gasteiger partial charge in [-0.2, -0.15) is 5.10 Å². The van der Waals surface area contributed by atoms with Crippen LogP contribution in [0.15, 0.2) is 24.5 Å². The number of aryl methyl sites for hydroxylation is 1. The molecule has 1 aromatic carbocycles. The van der Waals surface area contributed by atoms with Gasteiger partial charge in [-0.25, -0.2) is 9.67 Å². The molecule has 1 heterocycles. The molecule has 7 heteroatoms. The second-order valence-corrected chi connectivity index (χ2v) is 3.54. The first-order valence-electron chi connectivity index (χ1n) is 4.38. The fourth-order valence-corrected chi connectivity index (χ4v) is 1.60. The molecule has 2 aromatic rings. The van der Waals surface area contributed by atoms with Crippen molar-refractivity contribution in [2.24, 2.45) is 7.05 Å². The maximum Gasteiger partial charge on any atom is 0.270 e. The maximum atomic E-state index is 10.5. The monoisotopic (exact) mass is 238 g/mol. The molecular formula is C9H7ClN4O2. The SMILES string of the molecule is Cn1ncnc1-c1ccc([N+](=O)[O-])cc1Cl. The summed E-state index contributed by atoms with van der Waals surface area (Å²) >= 11 is 5.95. The van der Waals surface area contributed by atoms with Crippen molar-refractivity contribution in [1.29, 1.82) is 0 Å². The van der Waals surface area contributed by atoms with Crippen molar-refractivity contribution in [1.82, 2.24) is 14.8 Å². The Bertz CT molecular complexity index is 552. The van der Waals surface area contributed by atoms with Gasteiger partial charge in [0.25, 0.3) is 5.69 Å². The predicted octanol–water partition coefficient (Wildman–Crippen LogP) is 2.04. The van der Waals surface area contributed by atoms with Crippen LogP contribution in [0, 0.1) is 10.1 Å². The van der Waals surface area contributed by atoms with E-state index in [0.29, 0.717) is 11.4 Å². The smallest absolute Gasteiger partial charge is 0.258 e. The van der Waals surface area contributed by atoms with E-state index in [2.05, 4.69) is 10.1 Å². The molecule has 0 spiro atoms. The third-order valence-corrected chi connectivity index (χ3v) is 2.43. The van der Waals surface area contributed by atoms with Crippen molar-refractivity contribution in [3.05, 3.63) is 39.7 Å². The van der Waals surface area contributed by atoms with Gasteiger partial charge in [0.2, 0.25) is 0 Å². The number of halogens is 1. The highest BCUT2D eigenvalue weighted by molar-refractivity contribution is 6.33. The Kier molecular flexibility index (Phi) is 2.57. The molecule has 0 atom stereocenters. The van der Waals surface area contributed by atoms with E-state index < -0.39 is 4.92 Å². The fourth-order valence-electron chi connectivity index (χ4n) is 1.34. The lowest BCUT2D eigenvalue weighted by molar-refractivity contribution is -0.384. The summed E-state index contributed by atoms with van der Waals surface area (Å²) in [7, 11) is 1.72. The molecular weight excluding hydrogens is 232 g/mol. The van der Waals surface area contributed by atoms with Crippen LogP contribution in [0.1, 0.15) is 0 Å². The first kappa shape index (κ1) is 10.6. The summed E-state index contributed by atoms with van der Waals surface area (Å²) in [6.07, 6.45) is 1.40. The normalized spacial score (nSPS) is 10.4. The minimum atomic E-state index is -0.494. The standard InChI is InChI=1S/C9H7ClN4O2/c1-13-9(11-5-12-13)7-3-2-6(14(15)16)4-8(7)10/h2-5H,1H3. The lowest BCUT2D eigenvalue weighted by Gasteiger charge is -2.02.